The molecule has 6 heterocycles. The predicted molar refractivity (Wildman–Crippen MR) is 233 cm³/mol. The zero-order chi connectivity index (χ0) is 39.4. The number of hydrogen-bond acceptors (Lipinski definition) is 8. The Morgan fingerprint density at radius 1 is 0.509 bits per heavy atom. The lowest BCUT2D eigenvalue weighted by Gasteiger charge is -2.51. The first-order chi connectivity index (χ1) is 27.5. The SMILES string of the molecule is CCC1(CC)/C(=C2/c3ccccc3N3c4ncc(C(C)(C)C)nc4N(c4ccccc4)C23)C2N(c3ccccc3)c3ncc(C(C)(C)C)nc3N2c2ccccc21. The quantitative estimate of drug-likeness (QED) is 0.176. The Balaban J connectivity index is 1.36. The Morgan fingerprint density at radius 3 is 1.53 bits per heavy atom. The van der Waals surface area contributed by atoms with E-state index < -0.39 is 0 Å². The van der Waals surface area contributed by atoms with Crippen molar-refractivity contribution in [2.75, 3.05) is 19.6 Å². The second-order valence-corrected chi connectivity index (χ2v) is 17.9. The van der Waals surface area contributed by atoms with Crippen molar-refractivity contribution in [2.45, 2.75) is 96.8 Å². The van der Waals surface area contributed by atoms with E-state index >= 15 is 0 Å². The highest BCUT2D eigenvalue weighted by Crippen LogP contribution is 2.64. The zero-order valence-corrected chi connectivity index (χ0v) is 34.2. The average molecular weight is 751 g/mol. The summed E-state index contributed by atoms with van der Waals surface area (Å²) in [5.74, 6) is 3.51. The Bertz CT molecular complexity index is 2560. The van der Waals surface area contributed by atoms with Gasteiger partial charge in [-0.2, -0.15) is 0 Å². The van der Waals surface area contributed by atoms with Crippen molar-refractivity contribution < 1.29 is 0 Å². The van der Waals surface area contributed by atoms with E-state index in [1.165, 1.54) is 28.0 Å². The minimum atomic E-state index is -0.341. The summed E-state index contributed by atoms with van der Waals surface area (Å²) < 4.78 is 0. The molecule has 57 heavy (non-hydrogen) atoms. The fourth-order valence-corrected chi connectivity index (χ4v) is 9.76. The van der Waals surface area contributed by atoms with Crippen LogP contribution >= 0.6 is 0 Å². The molecule has 0 saturated carbocycles. The summed E-state index contributed by atoms with van der Waals surface area (Å²) in [5.41, 5.74) is 10.9. The van der Waals surface area contributed by atoms with Crippen LogP contribution < -0.4 is 19.6 Å². The highest BCUT2D eigenvalue weighted by atomic mass is 15.5. The highest BCUT2D eigenvalue weighted by Gasteiger charge is 2.59. The Morgan fingerprint density at radius 2 is 0.965 bits per heavy atom. The van der Waals surface area contributed by atoms with Gasteiger partial charge in [0.2, 0.25) is 0 Å². The van der Waals surface area contributed by atoms with E-state index in [4.69, 9.17) is 19.9 Å². The third kappa shape index (κ3) is 4.98. The molecule has 6 aromatic rings. The van der Waals surface area contributed by atoms with Gasteiger partial charge in [-0.05, 0) is 60.4 Å². The number of benzene rings is 4. The Hall–Kier alpha value is -6.02. The molecule has 0 radical (unpaired) electrons. The molecule has 4 aliphatic heterocycles. The van der Waals surface area contributed by atoms with Crippen molar-refractivity contribution in [1.82, 2.24) is 19.9 Å². The fourth-order valence-electron chi connectivity index (χ4n) is 9.76. The number of anilines is 8. The van der Waals surface area contributed by atoms with Crippen LogP contribution in [0.2, 0.25) is 0 Å². The number of nitrogens with zero attached hydrogens (tertiary/aromatic N) is 8. The molecular formula is C49H50N8. The maximum absolute atomic E-state index is 5.54. The summed E-state index contributed by atoms with van der Waals surface area (Å²) in [7, 11) is 0. The van der Waals surface area contributed by atoms with E-state index in [1.807, 2.05) is 12.4 Å². The van der Waals surface area contributed by atoms with Crippen LogP contribution in [0.1, 0.15) is 90.7 Å². The van der Waals surface area contributed by atoms with Gasteiger partial charge in [-0.3, -0.25) is 19.6 Å². The molecule has 2 atom stereocenters. The van der Waals surface area contributed by atoms with Crippen LogP contribution in [0.3, 0.4) is 0 Å². The Kier molecular flexibility index (Phi) is 7.76. The lowest BCUT2D eigenvalue weighted by molar-refractivity contribution is 0.423. The molecule has 8 nitrogen and oxygen atoms in total. The highest BCUT2D eigenvalue weighted by molar-refractivity contribution is 6.04. The fraction of sp³-hybridized carbons (Fsp3) is 0.306. The molecule has 0 spiro atoms. The van der Waals surface area contributed by atoms with Crippen molar-refractivity contribution in [3.8, 4) is 0 Å². The first kappa shape index (κ1) is 35.4. The number of rotatable bonds is 4. The normalized spacial score (nSPS) is 20.2. The minimum absolute atomic E-state index is 0.179. The van der Waals surface area contributed by atoms with Gasteiger partial charge in [-0.15, -0.1) is 0 Å². The maximum atomic E-state index is 5.54. The van der Waals surface area contributed by atoms with Gasteiger partial charge in [0.05, 0.1) is 29.5 Å². The summed E-state index contributed by atoms with van der Waals surface area (Å²) in [6, 6.07) is 39.5. The molecule has 0 bridgehead atoms. The van der Waals surface area contributed by atoms with Crippen LogP contribution in [0.25, 0.3) is 5.57 Å². The second-order valence-electron chi connectivity index (χ2n) is 17.9. The molecule has 0 fully saturated rings. The van der Waals surface area contributed by atoms with Gasteiger partial charge in [0.15, 0.2) is 23.3 Å². The van der Waals surface area contributed by atoms with E-state index in [0.29, 0.717) is 0 Å². The second kappa shape index (κ2) is 12.5. The molecule has 0 N–H and O–H groups in total. The van der Waals surface area contributed by atoms with Crippen molar-refractivity contribution in [3.05, 3.63) is 150 Å². The van der Waals surface area contributed by atoms with Crippen LogP contribution in [0, 0.1) is 0 Å². The van der Waals surface area contributed by atoms with E-state index in [2.05, 4.69) is 184 Å². The van der Waals surface area contributed by atoms with Gasteiger partial charge in [0, 0.05) is 44.4 Å². The summed E-state index contributed by atoms with van der Waals surface area (Å²) in [6.45, 7) is 18.0. The first-order valence-corrected chi connectivity index (χ1v) is 20.4. The lowest BCUT2D eigenvalue weighted by Crippen LogP contribution is -2.53. The van der Waals surface area contributed by atoms with Gasteiger partial charge >= 0.3 is 0 Å². The molecule has 4 aromatic carbocycles. The summed E-state index contributed by atoms with van der Waals surface area (Å²) in [5, 5.41) is 0. The number of hydrogen-bond donors (Lipinski definition) is 0. The Labute approximate surface area is 336 Å². The lowest BCUT2D eigenvalue weighted by atomic mass is 9.64. The van der Waals surface area contributed by atoms with Crippen molar-refractivity contribution in [1.29, 1.82) is 0 Å². The average Bonchev–Trinajstić information content (AvgIpc) is 3.85. The number of para-hydroxylation sites is 4. The van der Waals surface area contributed by atoms with E-state index in [-0.39, 0.29) is 28.6 Å². The molecule has 4 aliphatic rings. The number of fused-ring (bicyclic) bond motifs is 10. The first-order valence-electron chi connectivity index (χ1n) is 20.4. The number of aromatic nitrogens is 4. The van der Waals surface area contributed by atoms with Crippen LogP contribution in [0.4, 0.5) is 46.0 Å². The van der Waals surface area contributed by atoms with Crippen molar-refractivity contribution in [3.63, 3.8) is 0 Å². The van der Waals surface area contributed by atoms with Crippen molar-refractivity contribution in [2.24, 2.45) is 0 Å². The summed E-state index contributed by atoms with van der Waals surface area (Å²) in [6.07, 6.45) is 5.28. The van der Waals surface area contributed by atoms with Gasteiger partial charge in [-0.25, -0.2) is 19.9 Å². The van der Waals surface area contributed by atoms with Crippen LogP contribution in [0.5, 0.6) is 0 Å². The molecule has 2 aromatic heterocycles. The minimum Gasteiger partial charge on any atom is -0.298 e. The maximum Gasteiger partial charge on any atom is 0.179 e. The predicted octanol–water partition coefficient (Wildman–Crippen LogP) is 11.6. The third-order valence-corrected chi connectivity index (χ3v) is 12.6. The molecule has 8 heteroatoms. The largest absolute Gasteiger partial charge is 0.298 e. The van der Waals surface area contributed by atoms with Crippen molar-refractivity contribution >= 4 is 51.6 Å². The van der Waals surface area contributed by atoms with Gasteiger partial charge in [0.25, 0.3) is 0 Å². The standard InChI is InChI=1S/C49H50N8/c1-9-49(10-2)34-26-18-20-28-36(34)57-44-41(50-29-38(53-44)48(6,7)8)54(31-21-13-11-14-22-31)46(57)40(49)39-33-25-17-19-27-35(33)56-42-43(52-37(30-51-42)47(3,4)5)55(45(39)56)32-23-15-12-16-24-32/h11-30,45-46H,9-10H2,1-8H3/b40-39-. The van der Waals surface area contributed by atoms with Gasteiger partial charge in [-0.1, -0.05) is 128 Å². The van der Waals surface area contributed by atoms with Crippen LogP contribution in [-0.2, 0) is 16.2 Å². The molecule has 2 unspecified atom stereocenters. The molecular weight excluding hydrogens is 701 g/mol. The monoisotopic (exact) mass is 750 g/mol. The van der Waals surface area contributed by atoms with Gasteiger partial charge < -0.3 is 0 Å². The van der Waals surface area contributed by atoms with E-state index in [0.717, 1.165) is 64.6 Å². The van der Waals surface area contributed by atoms with Gasteiger partial charge in [0.1, 0.15) is 12.3 Å². The molecule has 0 aliphatic carbocycles. The summed E-state index contributed by atoms with van der Waals surface area (Å²) >= 11 is 0. The molecule has 286 valence electrons. The van der Waals surface area contributed by atoms with Crippen LogP contribution in [-0.4, -0.2) is 32.3 Å². The topological polar surface area (TPSA) is 64.5 Å². The molecule has 0 saturated heterocycles. The molecule has 0 amide bonds. The summed E-state index contributed by atoms with van der Waals surface area (Å²) in [4.78, 5) is 31.5. The third-order valence-electron chi connectivity index (χ3n) is 12.6. The zero-order valence-electron chi connectivity index (χ0n) is 34.2. The molecule has 10 rings (SSSR count). The van der Waals surface area contributed by atoms with E-state index in [9.17, 15) is 0 Å². The smallest absolute Gasteiger partial charge is 0.179 e. The van der Waals surface area contributed by atoms with E-state index in [1.54, 1.807) is 0 Å². The van der Waals surface area contributed by atoms with Crippen LogP contribution in [0.15, 0.2) is 127 Å².